The van der Waals surface area contributed by atoms with E-state index in [4.69, 9.17) is 9.47 Å². The Balaban J connectivity index is 1.66. The van der Waals surface area contributed by atoms with E-state index in [0.717, 1.165) is 11.1 Å². The van der Waals surface area contributed by atoms with Crippen molar-refractivity contribution in [2.24, 2.45) is 11.8 Å². The quantitative estimate of drug-likeness (QED) is 0.203. The summed E-state index contributed by atoms with van der Waals surface area (Å²) in [7, 11) is 1.50. The van der Waals surface area contributed by atoms with Gasteiger partial charge in [-0.2, -0.15) is 0 Å². The van der Waals surface area contributed by atoms with Crippen LogP contribution in [0.25, 0.3) is 0 Å². The van der Waals surface area contributed by atoms with Gasteiger partial charge in [0.2, 0.25) is 11.8 Å². The van der Waals surface area contributed by atoms with Crippen molar-refractivity contribution >= 4 is 17.8 Å². The summed E-state index contributed by atoms with van der Waals surface area (Å²) in [4.78, 5) is 40.8. The molecule has 1 aliphatic rings. The fraction of sp³-hybridized carbons (Fsp3) is 0.324. The molecular weight excluding hydrogens is 532 g/mol. The highest BCUT2D eigenvalue weighted by molar-refractivity contribution is 6.00. The monoisotopic (exact) mass is 570 g/mol. The Morgan fingerprint density at radius 2 is 1.57 bits per heavy atom. The van der Waals surface area contributed by atoms with Gasteiger partial charge in [-0.15, -0.1) is 0 Å². The molecule has 1 heterocycles. The molecule has 5 atom stereocenters. The SMILES string of the molecule is COCC1NC(=O)C(C(=O)N[C@@H](CO)c2ccccc2)CC=CCC(Cc2ccccc2)C(=O)OC1c1ccccc1. The topological polar surface area (TPSA) is 114 Å². The third kappa shape index (κ3) is 8.38. The third-order valence-electron chi connectivity index (χ3n) is 7.36. The number of carbonyl (C=O) groups excluding carboxylic acids is 3. The first-order valence-corrected chi connectivity index (χ1v) is 14.2. The van der Waals surface area contributed by atoms with Gasteiger partial charge in [-0.25, -0.2) is 0 Å². The van der Waals surface area contributed by atoms with Crippen LogP contribution in [0.15, 0.2) is 103 Å². The van der Waals surface area contributed by atoms with Crippen molar-refractivity contribution in [1.82, 2.24) is 10.6 Å². The maximum atomic E-state index is 13.7. The van der Waals surface area contributed by atoms with Crippen molar-refractivity contribution in [3.05, 3.63) is 120 Å². The van der Waals surface area contributed by atoms with Crippen LogP contribution in [-0.4, -0.2) is 49.3 Å². The van der Waals surface area contributed by atoms with E-state index in [1.165, 1.54) is 7.11 Å². The molecule has 8 heteroatoms. The van der Waals surface area contributed by atoms with E-state index in [9.17, 15) is 19.5 Å². The van der Waals surface area contributed by atoms with Crippen molar-refractivity contribution < 1.29 is 29.0 Å². The summed E-state index contributed by atoms with van der Waals surface area (Å²) in [5, 5.41) is 15.8. The highest BCUT2D eigenvalue weighted by Crippen LogP contribution is 2.27. The first-order valence-electron chi connectivity index (χ1n) is 14.2. The normalized spacial score (nSPS) is 22.1. The second kappa shape index (κ2) is 15.7. The molecule has 0 bridgehead atoms. The van der Waals surface area contributed by atoms with Gasteiger partial charge in [-0.1, -0.05) is 103 Å². The molecule has 0 spiro atoms. The molecule has 3 aromatic carbocycles. The molecule has 0 fully saturated rings. The first kappa shape index (κ1) is 30.7. The van der Waals surface area contributed by atoms with Crippen molar-refractivity contribution in [2.45, 2.75) is 37.5 Å². The fourth-order valence-electron chi connectivity index (χ4n) is 5.09. The maximum absolute atomic E-state index is 13.7. The maximum Gasteiger partial charge on any atom is 0.310 e. The van der Waals surface area contributed by atoms with Crippen molar-refractivity contribution in [2.75, 3.05) is 20.3 Å². The van der Waals surface area contributed by atoms with Gasteiger partial charge < -0.3 is 25.2 Å². The Kier molecular flexibility index (Phi) is 11.4. The number of allylic oxidation sites excluding steroid dienone is 2. The number of aliphatic hydroxyl groups excluding tert-OH is 1. The number of cyclic esters (lactones) is 1. The number of nitrogens with one attached hydrogen (secondary N) is 2. The lowest BCUT2D eigenvalue weighted by molar-refractivity contribution is -0.158. The molecular formula is C34H38N2O6. The molecule has 0 saturated carbocycles. The van der Waals surface area contributed by atoms with Gasteiger partial charge in [0.15, 0.2) is 0 Å². The van der Waals surface area contributed by atoms with E-state index < -0.39 is 41.8 Å². The molecule has 0 aliphatic carbocycles. The van der Waals surface area contributed by atoms with Crippen LogP contribution in [0.5, 0.6) is 0 Å². The molecule has 42 heavy (non-hydrogen) atoms. The summed E-state index contributed by atoms with van der Waals surface area (Å²) in [5.41, 5.74) is 2.44. The predicted octanol–water partition coefficient (Wildman–Crippen LogP) is 4.08. The fourth-order valence-corrected chi connectivity index (χ4v) is 5.09. The van der Waals surface area contributed by atoms with Gasteiger partial charge in [0.1, 0.15) is 12.0 Å². The molecule has 1 aliphatic heterocycles. The van der Waals surface area contributed by atoms with Crippen molar-refractivity contribution in [3.8, 4) is 0 Å². The van der Waals surface area contributed by atoms with E-state index >= 15 is 0 Å². The van der Waals surface area contributed by atoms with Crippen LogP contribution >= 0.6 is 0 Å². The van der Waals surface area contributed by atoms with E-state index in [1.54, 1.807) is 6.08 Å². The number of hydrogen-bond donors (Lipinski definition) is 3. The average molecular weight is 571 g/mol. The molecule has 4 rings (SSSR count). The van der Waals surface area contributed by atoms with Crippen molar-refractivity contribution in [3.63, 3.8) is 0 Å². The van der Waals surface area contributed by atoms with Gasteiger partial charge >= 0.3 is 5.97 Å². The van der Waals surface area contributed by atoms with E-state index in [0.29, 0.717) is 18.4 Å². The second-order valence-electron chi connectivity index (χ2n) is 10.4. The first-order chi connectivity index (χ1) is 20.5. The number of esters is 1. The van der Waals surface area contributed by atoms with E-state index in [1.807, 2.05) is 97.1 Å². The van der Waals surface area contributed by atoms with Crippen LogP contribution in [-0.2, 0) is 30.3 Å². The van der Waals surface area contributed by atoms with Gasteiger partial charge in [0.05, 0.1) is 31.2 Å². The number of aliphatic hydroxyl groups is 1. The number of carbonyl (C=O) groups is 3. The lowest BCUT2D eigenvalue weighted by atomic mass is 9.93. The largest absolute Gasteiger partial charge is 0.455 e. The summed E-state index contributed by atoms with van der Waals surface area (Å²) >= 11 is 0. The number of benzene rings is 3. The molecule has 3 aromatic rings. The minimum absolute atomic E-state index is 0.0510. The van der Waals surface area contributed by atoms with Crippen LogP contribution in [0.3, 0.4) is 0 Å². The Morgan fingerprint density at radius 3 is 2.21 bits per heavy atom. The van der Waals surface area contributed by atoms with Gasteiger partial charge in [0.25, 0.3) is 0 Å². The molecule has 8 nitrogen and oxygen atoms in total. The number of amides is 2. The summed E-state index contributed by atoms with van der Waals surface area (Å²) in [6.45, 7) is -0.269. The number of rotatable bonds is 9. The molecule has 4 unspecified atom stereocenters. The van der Waals surface area contributed by atoms with Gasteiger partial charge in [-0.3, -0.25) is 14.4 Å². The Bertz CT molecular complexity index is 1320. The lowest BCUT2D eigenvalue weighted by Gasteiger charge is -2.31. The van der Waals surface area contributed by atoms with Crippen LogP contribution in [0, 0.1) is 11.8 Å². The standard InChI is InChI=1S/C34H38N2O6/c1-41-23-30-31(26-17-9-4-10-18-26)42-34(40)27(21-24-13-5-2-6-14-24)19-11-12-20-28(33(39)36-30)32(38)35-29(22-37)25-15-7-3-8-16-25/h2-18,27-31,37H,19-23H2,1H3,(H,35,38)(H,36,39)/t27?,28?,29-,30?,31?/m0/s1. The summed E-state index contributed by atoms with van der Waals surface area (Å²) in [6, 6.07) is 26.6. The van der Waals surface area contributed by atoms with Crippen molar-refractivity contribution in [1.29, 1.82) is 0 Å². The number of methoxy groups -OCH3 is 1. The molecule has 2 amide bonds. The smallest absolute Gasteiger partial charge is 0.310 e. The highest BCUT2D eigenvalue weighted by atomic mass is 16.5. The van der Waals surface area contributed by atoms with Crippen LogP contribution in [0.2, 0.25) is 0 Å². The lowest BCUT2D eigenvalue weighted by Crippen LogP contribution is -2.50. The predicted molar refractivity (Wildman–Crippen MR) is 159 cm³/mol. The Hall–Kier alpha value is -4.27. The van der Waals surface area contributed by atoms with E-state index in [-0.39, 0.29) is 25.6 Å². The Labute approximate surface area is 246 Å². The van der Waals surface area contributed by atoms with Gasteiger partial charge in [0, 0.05) is 7.11 Å². The van der Waals surface area contributed by atoms with E-state index in [2.05, 4.69) is 10.6 Å². The number of hydrogen-bond acceptors (Lipinski definition) is 6. The molecule has 0 radical (unpaired) electrons. The molecule has 220 valence electrons. The Morgan fingerprint density at radius 1 is 0.952 bits per heavy atom. The van der Waals surface area contributed by atoms with Gasteiger partial charge in [-0.05, 0) is 36.0 Å². The zero-order valence-electron chi connectivity index (χ0n) is 23.7. The highest BCUT2D eigenvalue weighted by Gasteiger charge is 2.35. The number of ether oxygens (including phenoxy) is 2. The minimum atomic E-state index is -1.09. The minimum Gasteiger partial charge on any atom is -0.455 e. The van der Waals surface area contributed by atoms with Crippen LogP contribution in [0.1, 0.15) is 41.7 Å². The summed E-state index contributed by atoms with van der Waals surface area (Å²) < 4.78 is 11.6. The van der Waals surface area contributed by atoms with Crippen LogP contribution in [0.4, 0.5) is 0 Å². The molecule has 3 N–H and O–H groups in total. The summed E-state index contributed by atoms with van der Waals surface area (Å²) in [6.07, 6.45) is 3.72. The second-order valence-corrected chi connectivity index (χ2v) is 10.4. The molecule has 0 saturated heterocycles. The summed E-state index contributed by atoms with van der Waals surface area (Å²) in [5.74, 6) is -2.98. The molecule has 0 aromatic heterocycles. The van der Waals surface area contributed by atoms with Crippen LogP contribution < -0.4 is 10.6 Å². The zero-order chi connectivity index (χ0) is 29.7. The zero-order valence-corrected chi connectivity index (χ0v) is 23.7. The third-order valence-corrected chi connectivity index (χ3v) is 7.36. The average Bonchev–Trinajstić information content (AvgIpc) is 3.02.